The van der Waals surface area contributed by atoms with Gasteiger partial charge in [-0.2, -0.15) is 5.10 Å². The first-order valence-electron chi connectivity index (χ1n) is 10.2. The molecule has 0 spiro atoms. The summed E-state index contributed by atoms with van der Waals surface area (Å²) in [6.45, 7) is 4.31. The van der Waals surface area contributed by atoms with Crippen LogP contribution in [0.2, 0.25) is 0 Å². The number of benzene rings is 1. The molecule has 6 heteroatoms. The molecule has 5 rings (SSSR count). The molecule has 0 bridgehead atoms. The molecule has 3 aromatic rings. The predicted molar refractivity (Wildman–Crippen MR) is 111 cm³/mol. The summed E-state index contributed by atoms with van der Waals surface area (Å²) in [5.74, 6) is 0.495. The summed E-state index contributed by atoms with van der Waals surface area (Å²) in [7, 11) is 0. The van der Waals surface area contributed by atoms with Crippen molar-refractivity contribution in [2.45, 2.75) is 13.0 Å². The lowest BCUT2D eigenvalue weighted by Crippen LogP contribution is -2.42. The van der Waals surface area contributed by atoms with Crippen molar-refractivity contribution < 1.29 is 9.84 Å². The molecule has 1 N–H and O–H groups in total. The van der Waals surface area contributed by atoms with Gasteiger partial charge >= 0.3 is 0 Å². The highest BCUT2D eigenvalue weighted by Gasteiger charge is 2.48. The number of nitrogens with zero attached hydrogens (tertiary/aromatic N) is 4. The van der Waals surface area contributed by atoms with E-state index in [4.69, 9.17) is 9.84 Å². The molecule has 2 atom stereocenters. The van der Waals surface area contributed by atoms with Gasteiger partial charge in [-0.15, -0.1) is 0 Å². The van der Waals surface area contributed by atoms with Gasteiger partial charge in [-0.3, -0.25) is 9.88 Å². The average molecular weight is 390 g/mol. The molecule has 2 fully saturated rings. The minimum atomic E-state index is -0.121. The highest BCUT2D eigenvalue weighted by molar-refractivity contribution is 5.62. The first-order valence-corrected chi connectivity index (χ1v) is 10.2. The minimum absolute atomic E-state index is 0.121. The number of fused-ring (bicyclic) bond motifs is 1. The molecule has 2 aliphatic heterocycles. The third-order valence-electron chi connectivity index (χ3n) is 6.36. The zero-order valence-corrected chi connectivity index (χ0v) is 16.4. The first kappa shape index (κ1) is 18.5. The van der Waals surface area contributed by atoms with Gasteiger partial charge in [0.1, 0.15) is 0 Å². The first-order chi connectivity index (χ1) is 14.3. The lowest BCUT2D eigenvalue weighted by atomic mass is 9.76. The molecule has 0 radical (unpaired) electrons. The molecule has 4 heterocycles. The molecule has 150 valence electrons. The Morgan fingerprint density at radius 3 is 2.72 bits per heavy atom. The fourth-order valence-corrected chi connectivity index (χ4v) is 4.78. The fraction of sp³-hybridized carbons (Fsp3) is 0.391. The molecule has 0 amide bonds. The Hall–Kier alpha value is -2.54. The Bertz CT molecular complexity index is 960. The average Bonchev–Trinajstić information content (AvgIpc) is 3.37. The maximum absolute atomic E-state index is 10.1. The van der Waals surface area contributed by atoms with E-state index >= 15 is 0 Å². The van der Waals surface area contributed by atoms with Crippen molar-refractivity contribution in [3.05, 3.63) is 66.6 Å². The van der Waals surface area contributed by atoms with Crippen molar-refractivity contribution in [3.8, 4) is 16.9 Å². The number of aliphatic hydroxyl groups excluding tert-OH is 1. The summed E-state index contributed by atoms with van der Waals surface area (Å²) in [5.41, 5.74) is 4.17. The Morgan fingerprint density at radius 1 is 1.14 bits per heavy atom. The van der Waals surface area contributed by atoms with Gasteiger partial charge in [0.05, 0.1) is 24.6 Å². The van der Waals surface area contributed by atoms with Gasteiger partial charge in [0.25, 0.3) is 0 Å². The number of rotatable bonds is 5. The molecule has 1 aromatic carbocycles. The van der Waals surface area contributed by atoms with E-state index in [0.717, 1.165) is 49.6 Å². The second-order valence-corrected chi connectivity index (χ2v) is 8.25. The number of aromatic nitrogens is 3. The van der Waals surface area contributed by atoms with Crippen molar-refractivity contribution in [3.63, 3.8) is 0 Å². The van der Waals surface area contributed by atoms with Crippen LogP contribution in [0.5, 0.6) is 0 Å². The van der Waals surface area contributed by atoms with Crippen LogP contribution in [0.1, 0.15) is 12.0 Å². The van der Waals surface area contributed by atoms with Crippen LogP contribution in [0.3, 0.4) is 0 Å². The molecule has 0 saturated carbocycles. The van der Waals surface area contributed by atoms with Crippen molar-refractivity contribution >= 4 is 0 Å². The maximum Gasteiger partial charge on any atom is 0.0973 e. The van der Waals surface area contributed by atoms with Crippen LogP contribution in [-0.2, 0) is 11.3 Å². The van der Waals surface area contributed by atoms with Gasteiger partial charge in [0, 0.05) is 61.4 Å². The van der Waals surface area contributed by atoms with Crippen molar-refractivity contribution in [1.29, 1.82) is 0 Å². The summed E-state index contributed by atoms with van der Waals surface area (Å²) in [6, 6.07) is 14.2. The largest absolute Gasteiger partial charge is 0.396 e. The molecule has 2 aromatic heterocycles. The van der Waals surface area contributed by atoms with Crippen molar-refractivity contribution in [1.82, 2.24) is 19.7 Å². The number of hydrogen-bond donors (Lipinski definition) is 1. The molecule has 29 heavy (non-hydrogen) atoms. The minimum Gasteiger partial charge on any atom is -0.396 e. The van der Waals surface area contributed by atoms with Gasteiger partial charge in [-0.1, -0.05) is 18.2 Å². The third-order valence-corrected chi connectivity index (χ3v) is 6.36. The van der Waals surface area contributed by atoms with Crippen molar-refractivity contribution in [2.24, 2.45) is 11.3 Å². The van der Waals surface area contributed by atoms with E-state index in [1.54, 1.807) is 0 Å². The van der Waals surface area contributed by atoms with E-state index in [1.165, 1.54) is 5.56 Å². The number of ether oxygens (including phenoxy) is 1. The number of para-hydroxylation sites is 1. The van der Waals surface area contributed by atoms with Gasteiger partial charge in [-0.25, -0.2) is 4.68 Å². The van der Waals surface area contributed by atoms with Gasteiger partial charge in [0.15, 0.2) is 0 Å². The van der Waals surface area contributed by atoms with E-state index < -0.39 is 0 Å². The van der Waals surface area contributed by atoms with Gasteiger partial charge < -0.3 is 9.84 Å². The Labute approximate surface area is 170 Å². The number of aliphatic hydroxyl groups is 1. The van der Waals surface area contributed by atoms with Crippen molar-refractivity contribution in [2.75, 3.05) is 32.9 Å². The second-order valence-electron chi connectivity index (χ2n) is 8.25. The SMILES string of the molecule is OC[C@]12COCC[C@H]1CN(Cc1cn(-c3ccccc3)nc1-c1ccncc1)C2. The Kier molecular flexibility index (Phi) is 4.91. The van der Waals surface area contributed by atoms with Crippen LogP contribution in [0.15, 0.2) is 61.1 Å². The monoisotopic (exact) mass is 390 g/mol. The summed E-state index contributed by atoms with van der Waals surface area (Å²) in [4.78, 5) is 6.60. The number of pyridine rings is 1. The Balaban J connectivity index is 1.47. The summed E-state index contributed by atoms with van der Waals surface area (Å²) < 4.78 is 7.68. The Morgan fingerprint density at radius 2 is 1.97 bits per heavy atom. The quantitative estimate of drug-likeness (QED) is 0.726. The lowest BCUT2D eigenvalue weighted by molar-refractivity contribution is -0.0561. The number of likely N-dealkylation sites (tertiary alicyclic amines) is 1. The van der Waals surface area contributed by atoms with E-state index in [0.29, 0.717) is 12.5 Å². The second kappa shape index (κ2) is 7.71. The molecular weight excluding hydrogens is 364 g/mol. The van der Waals surface area contributed by atoms with Crippen LogP contribution in [0.4, 0.5) is 0 Å². The lowest BCUT2D eigenvalue weighted by Gasteiger charge is -2.36. The summed E-state index contributed by atoms with van der Waals surface area (Å²) >= 11 is 0. The highest BCUT2D eigenvalue weighted by atomic mass is 16.5. The molecule has 2 saturated heterocycles. The van der Waals surface area contributed by atoms with Gasteiger partial charge in [0.2, 0.25) is 0 Å². The molecule has 2 aliphatic rings. The zero-order valence-electron chi connectivity index (χ0n) is 16.4. The van der Waals surface area contributed by atoms with E-state index in [-0.39, 0.29) is 12.0 Å². The third kappa shape index (κ3) is 3.48. The number of hydrogen-bond acceptors (Lipinski definition) is 5. The van der Waals surface area contributed by atoms with Gasteiger partial charge in [-0.05, 0) is 36.6 Å². The van der Waals surface area contributed by atoms with Crippen LogP contribution >= 0.6 is 0 Å². The maximum atomic E-state index is 10.1. The molecule has 0 unspecified atom stereocenters. The normalized spacial score (nSPS) is 24.5. The molecular formula is C23H26N4O2. The van der Waals surface area contributed by atoms with E-state index in [2.05, 4.69) is 28.2 Å². The molecule has 6 nitrogen and oxygen atoms in total. The summed E-state index contributed by atoms with van der Waals surface area (Å²) in [6.07, 6.45) is 6.78. The zero-order chi connectivity index (χ0) is 19.7. The smallest absolute Gasteiger partial charge is 0.0973 e. The van der Waals surface area contributed by atoms with Crippen LogP contribution in [0.25, 0.3) is 16.9 Å². The van der Waals surface area contributed by atoms with E-state index in [9.17, 15) is 5.11 Å². The van der Waals surface area contributed by atoms with Crippen LogP contribution < -0.4 is 0 Å². The van der Waals surface area contributed by atoms with E-state index in [1.807, 2.05) is 47.4 Å². The molecule has 0 aliphatic carbocycles. The highest BCUT2D eigenvalue weighted by Crippen LogP contribution is 2.41. The topological polar surface area (TPSA) is 63.4 Å². The summed E-state index contributed by atoms with van der Waals surface area (Å²) in [5, 5.41) is 15.0. The fourth-order valence-electron chi connectivity index (χ4n) is 4.78. The predicted octanol–water partition coefficient (Wildman–Crippen LogP) is 2.77. The van der Waals surface area contributed by atoms with Crippen LogP contribution in [-0.4, -0.2) is 57.7 Å². The standard InChI is InChI=1S/C23H26N4O2/c28-16-23-15-26(14-20(23)8-11-29-17-23)12-19-13-27(21-4-2-1-3-5-21)25-22(19)18-6-9-24-10-7-18/h1-7,9-10,13,20,28H,8,11-12,14-17H2/t20-,23+/m0/s1. The van der Waals surface area contributed by atoms with Crippen LogP contribution in [0, 0.1) is 11.3 Å².